The number of alkyl halides is 2. The highest BCUT2D eigenvalue weighted by Crippen LogP contribution is 1.94. The number of hydrogen-bond acceptors (Lipinski definition) is 3. The van der Waals surface area contributed by atoms with Gasteiger partial charge in [0.05, 0.1) is 0 Å². The van der Waals surface area contributed by atoms with Gasteiger partial charge in [-0.05, 0) is 12.8 Å². The molecule has 12 heavy (non-hydrogen) atoms. The largest absolute Gasteiger partial charge is 0.636 e. The second-order valence-corrected chi connectivity index (χ2v) is 3.72. The first-order chi connectivity index (χ1) is 5.81. The van der Waals surface area contributed by atoms with E-state index in [9.17, 15) is 0 Å². The predicted molar refractivity (Wildman–Crippen MR) is 56.7 cm³/mol. The summed E-state index contributed by atoms with van der Waals surface area (Å²) in [5, 5.41) is 10.8. The zero-order valence-electron chi connectivity index (χ0n) is 6.84. The Labute approximate surface area is 90.2 Å². The molecule has 6 heteroatoms. The van der Waals surface area contributed by atoms with Gasteiger partial charge in [-0.1, -0.05) is 31.9 Å². The van der Waals surface area contributed by atoms with E-state index in [4.69, 9.17) is 14.3 Å². The molecule has 0 saturated heterocycles. The lowest BCUT2D eigenvalue weighted by Gasteiger charge is -2.06. The zero-order valence-corrected chi connectivity index (χ0v) is 10.0. The zero-order chi connectivity index (χ0) is 9.23. The molecule has 0 spiro atoms. The summed E-state index contributed by atoms with van der Waals surface area (Å²) in [6.07, 6.45) is 1.75. The first-order valence-electron chi connectivity index (χ1n) is 3.84. The second kappa shape index (κ2) is 9.99. The molecule has 3 nitrogen and oxygen atoms in total. The maximum atomic E-state index is 9.03. The van der Waals surface area contributed by atoms with Crippen molar-refractivity contribution in [1.29, 1.82) is 0 Å². The van der Waals surface area contributed by atoms with Crippen LogP contribution in [0, 0.1) is 0 Å². The molecule has 72 valence electrons. The van der Waals surface area contributed by atoms with E-state index in [1.807, 2.05) is 0 Å². The Hall–Kier alpha value is 0.905. The summed E-state index contributed by atoms with van der Waals surface area (Å²) in [7, 11) is -1.07. The molecule has 0 radical (unpaired) electrons. The van der Waals surface area contributed by atoms with Crippen LogP contribution in [-0.2, 0) is 9.31 Å². The monoisotopic (exact) mass is 302 g/mol. The van der Waals surface area contributed by atoms with Crippen LogP contribution >= 0.6 is 31.9 Å². The van der Waals surface area contributed by atoms with Gasteiger partial charge in [0, 0.05) is 23.9 Å². The van der Waals surface area contributed by atoms with Crippen molar-refractivity contribution in [3.63, 3.8) is 0 Å². The molecule has 0 aromatic heterocycles. The van der Waals surface area contributed by atoms with E-state index < -0.39 is 7.32 Å². The molecule has 0 atom stereocenters. The first kappa shape index (κ1) is 12.9. The molecule has 0 bridgehead atoms. The minimum Gasteiger partial charge on any atom is -0.402 e. The molecule has 0 aromatic rings. The summed E-state index contributed by atoms with van der Waals surface area (Å²) in [4.78, 5) is 0. The van der Waals surface area contributed by atoms with Gasteiger partial charge in [-0.25, -0.2) is 0 Å². The highest BCUT2D eigenvalue weighted by molar-refractivity contribution is 9.09. The van der Waals surface area contributed by atoms with Crippen LogP contribution in [0.15, 0.2) is 0 Å². The lowest BCUT2D eigenvalue weighted by atomic mass is 10.2. The van der Waals surface area contributed by atoms with Gasteiger partial charge in [0.25, 0.3) is 0 Å². The minimum atomic E-state index is -1.07. The Balaban J connectivity index is 3.04. The highest BCUT2D eigenvalue weighted by atomic mass is 79.9. The fraction of sp³-hybridized carbons (Fsp3) is 1.00. The topological polar surface area (TPSA) is 38.7 Å². The molecular weight excluding hydrogens is 291 g/mol. The van der Waals surface area contributed by atoms with Gasteiger partial charge < -0.3 is 14.3 Å². The van der Waals surface area contributed by atoms with Crippen molar-refractivity contribution in [3.05, 3.63) is 0 Å². The minimum absolute atomic E-state index is 0.515. The summed E-state index contributed by atoms with van der Waals surface area (Å²) >= 11 is 6.51. The summed E-state index contributed by atoms with van der Waals surface area (Å²) in [5.41, 5.74) is 0. The van der Waals surface area contributed by atoms with Gasteiger partial charge in [0.1, 0.15) is 0 Å². The van der Waals surface area contributed by atoms with Crippen molar-refractivity contribution in [2.24, 2.45) is 0 Å². The van der Waals surface area contributed by atoms with Crippen LogP contribution in [-0.4, -0.2) is 36.2 Å². The second-order valence-electron chi connectivity index (χ2n) is 2.13. The Morgan fingerprint density at radius 1 is 1.00 bits per heavy atom. The van der Waals surface area contributed by atoms with E-state index in [2.05, 4.69) is 31.9 Å². The molecule has 0 saturated carbocycles. The van der Waals surface area contributed by atoms with E-state index in [1.54, 1.807) is 0 Å². The van der Waals surface area contributed by atoms with Crippen molar-refractivity contribution in [3.8, 4) is 0 Å². The van der Waals surface area contributed by atoms with E-state index >= 15 is 0 Å². The lowest BCUT2D eigenvalue weighted by molar-refractivity contribution is 0.134. The number of halogens is 2. The quantitative estimate of drug-likeness (QED) is 0.420. The van der Waals surface area contributed by atoms with Gasteiger partial charge in [-0.3, -0.25) is 0 Å². The Bertz CT molecular complexity index is 86.9. The maximum absolute atomic E-state index is 9.03. The molecule has 0 amide bonds. The number of hydrogen-bond donors (Lipinski definition) is 1. The van der Waals surface area contributed by atoms with Crippen LogP contribution in [0.25, 0.3) is 0 Å². The SMILES string of the molecule is OB(OCCCBr)OCCCBr. The van der Waals surface area contributed by atoms with Gasteiger partial charge in [-0.2, -0.15) is 0 Å². The third kappa shape index (κ3) is 9.00. The van der Waals surface area contributed by atoms with Gasteiger partial charge in [0.15, 0.2) is 0 Å². The Kier molecular flexibility index (Phi) is 10.7. The average molecular weight is 304 g/mol. The van der Waals surface area contributed by atoms with Crippen LogP contribution in [0.4, 0.5) is 0 Å². The van der Waals surface area contributed by atoms with Crippen LogP contribution in [0.1, 0.15) is 12.8 Å². The van der Waals surface area contributed by atoms with E-state index in [0.29, 0.717) is 13.2 Å². The molecule has 0 rings (SSSR count). The summed E-state index contributed by atoms with van der Waals surface area (Å²) in [5.74, 6) is 0. The van der Waals surface area contributed by atoms with Crippen molar-refractivity contribution < 1.29 is 14.3 Å². The Morgan fingerprint density at radius 3 is 1.75 bits per heavy atom. The summed E-state index contributed by atoms with van der Waals surface area (Å²) in [6, 6.07) is 0. The van der Waals surface area contributed by atoms with Gasteiger partial charge in [-0.15, -0.1) is 0 Å². The predicted octanol–water partition coefficient (Wildman–Crippen LogP) is 1.57. The lowest BCUT2D eigenvalue weighted by Crippen LogP contribution is -2.24. The van der Waals surface area contributed by atoms with E-state index in [-0.39, 0.29) is 0 Å². The van der Waals surface area contributed by atoms with Gasteiger partial charge >= 0.3 is 7.32 Å². The molecule has 0 unspecified atom stereocenters. The fourth-order valence-corrected chi connectivity index (χ4v) is 0.983. The van der Waals surface area contributed by atoms with E-state index in [1.165, 1.54) is 0 Å². The third-order valence-corrected chi connectivity index (χ3v) is 2.20. The molecular formula is C6H13BBr2O3. The molecule has 0 aromatic carbocycles. The van der Waals surface area contributed by atoms with Crippen LogP contribution < -0.4 is 0 Å². The van der Waals surface area contributed by atoms with Crippen molar-refractivity contribution in [2.45, 2.75) is 12.8 Å². The highest BCUT2D eigenvalue weighted by Gasteiger charge is 2.13. The number of rotatable bonds is 8. The summed E-state index contributed by atoms with van der Waals surface area (Å²) in [6.45, 7) is 1.03. The average Bonchev–Trinajstić information content (AvgIpc) is 2.06. The van der Waals surface area contributed by atoms with Crippen molar-refractivity contribution in [1.82, 2.24) is 0 Å². The molecule has 0 aliphatic heterocycles. The smallest absolute Gasteiger partial charge is 0.402 e. The maximum Gasteiger partial charge on any atom is 0.636 e. The van der Waals surface area contributed by atoms with Crippen molar-refractivity contribution in [2.75, 3.05) is 23.9 Å². The van der Waals surface area contributed by atoms with Crippen molar-refractivity contribution >= 4 is 39.2 Å². The molecule has 0 aliphatic carbocycles. The Morgan fingerprint density at radius 2 is 1.42 bits per heavy atom. The molecule has 0 heterocycles. The van der Waals surface area contributed by atoms with Gasteiger partial charge in [0.2, 0.25) is 0 Å². The van der Waals surface area contributed by atoms with Crippen LogP contribution in [0.2, 0.25) is 0 Å². The fourth-order valence-electron chi connectivity index (χ4n) is 0.526. The standard InChI is InChI=1S/C6H13BBr2O3/c8-3-1-5-11-7(10)12-6-2-4-9/h10H,1-6H2. The third-order valence-electron chi connectivity index (χ3n) is 1.08. The van der Waals surface area contributed by atoms with E-state index in [0.717, 1.165) is 23.5 Å². The molecule has 1 N–H and O–H groups in total. The molecule has 0 aliphatic rings. The van der Waals surface area contributed by atoms with Crippen LogP contribution in [0.3, 0.4) is 0 Å². The van der Waals surface area contributed by atoms with Crippen LogP contribution in [0.5, 0.6) is 0 Å². The molecule has 0 fully saturated rings. The summed E-state index contributed by atoms with van der Waals surface area (Å²) < 4.78 is 9.83. The first-order valence-corrected chi connectivity index (χ1v) is 6.08. The normalized spacial score (nSPS) is 10.2.